The molecule has 0 saturated heterocycles. The van der Waals surface area contributed by atoms with E-state index < -0.39 is 18.1 Å². The number of aromatic nitrogens is 2. The summed E-state index contributed by atoms with van der Waals surface area (Å²) in [5, 5.41) is 33.1. The molecule has 0 aliphatic heterocycles. The number of nitrogens with two attached hydrogens (primary N) is 2. The van der Waals surface area contributed by atoms with Gasteiger partial charge in [-0.05, 0) is 36.8 Å². The van der Waals surface area contributed by atoms with Gasteiger partial charge in [0.1, 0.15) is 58.6 Å². The van der Waals surface area contributed by atoms with Crippen molar-refractivity contribution in [2.75, 3.05) is 18.9 Å². The number of rotatable bonds is 11. The van der Waals surface area contributed by atoms with Crippen molar-refractivity contribution in [3.8, 4) is 39.6 Å². The number of benzene rings is 2. The number of thiazole rings is 1. The first-order chi connectivity index (χ1) is 20.2. The van der Waals surface area contributed by atoms with Gasteiger partial charge in [0.25, 0.3) is 0 Å². The minimum atomic E-state index is -1.13. The Kier molecular flexibility index (Phi) is 10.4. The van der Waals surface area contributed by atoms with E-state index in [2.05, 4.69) is 22.1 Å². The summed E-state index contributed by atoms with van der Waals surface area (Å²) in [5.41, 5.74) is 14.8. The molecule has 42 heavy (non-hydrogen) atoms. The van der Waals surface area contributed by atoms with Crippen molar-refractivity contribution in [3.05, 3.63) is 75.8 Å². The molecular weight excluding hydrogens is 596 g/mol. The molecule has 0 radical (unpaired) electrons. The maximum Gasteiger partial charge on any atom is 0.325 e. The van der Waals surface area contributed by atoms with Crippen LogP contribution in [0.25, 0.3) is 21.7 Å². The van der Waals surface area contributed by atoms with E-state index in [1.165, 1.54) is 30.0 Å². The van der Waals surface area contributed by atoms with E-state index in [0.717, 1.165) is 16.3 Å². The SMILES string of the molecule is CC(O)[C@H](N)C(=O)OCCOc1ccc(-c2c(C#N)c(N)nc(SCc3csc(-c4ccc(Cl)cc4)n3)c2C#N)cc1. The lowest BCUT2D eigenvalue weighted by Gasteiger charge is -2.14. The Morgan fingerprint density at radius 1 is 1.07 bits per heavy atom. The highest BCUT2D eigenvalue weighted by molar-refractivity contribution is 7.98. The first kappa shape index (κ1) is 30.8. The van der Waals surface area contributed by atoms with Gasteiger partial charge in [-0.3, -0.25) is 4.79 Å². The quantitative estimate of drug-likeness (QED) is 0.119. The third-order valence-electron chi connectivity index (χ3n) is 5.95. The predicted octanol–water partition coefficient (Wildman–Crippen LogP) is 4.77. The van der Waals surface area contributed by atoms with Crippen LogP contribution in [0.3, 0.4) is 0 Å². The average Bonchev–Trinajstić information content (AvgIpc) is 3.47. The topological polar surface area (TPSA) is 181 Å². The maximum atomic E-state index is 11.7. The van der Waals surface area contributed by atoms with Crippen molar-refractivity contribution in [1.29, 1.82) is 10.5 Å². The summed E-state index contributed by atoms with van der Waals surface area (Å²) in [6.07, 6.45) is -1.02. The molecule has 2 atom stereocenters. The second-order valence-electron chi connectivity index (χ2n) is 8.90. The number of ether oxygens (including phenoxy) is 2. The zero-order chi connectivity index (χ0) is 30.2. The molecule has 5 N–H and O–H groups in total. The zero-order valence-corrected chi connectivity index (χ0v) is 24.7. The largest absolute Gasteiger partial charge is 0.490 e. The molecule has 0 saturated carbocycles. The molecule has 214 valence electrons. The van der Waals surface area contributed by atoms with Crippen LogP contribution in [0.1, 0.15) is 23.7 Å². The number of nitriles is 2. The van der Waals surface area contributed by atoms with E-state index in [9.17, 15) is 20.4 Å². The van der Waals surface area contributed by atoms with Gasteiger partial charge >= 0.3 is 5.97 Å². The van der Waals surface area contributed by atoms with Crippen LogP contribution >= 0.6 is 34.7 Å². The monoisotopic (exact) mass is 620 g/mol. The van der Waals surface area contributed by atoms with Gasteiger partial charge < -0.3 is 26.0 Å². The minimum absolute atomic E-state index is 0.0201. The molecule has 2 aromatic heterocycles. The van der Waals surface area contributed by atoms with E-state index in [4.69, 9.17) is 32.5 Å². The van der Waals surface area contributed by atoms with Crippen LogP contribution in [-0.4, -0.2) is 46.4 Å². The summed E-state index contributed by atoms with van der Waals surface area (Å²) in [6.45, 7) is 1.40. The molecule has 0 aliphatic rings. The molecular formula is C29H25ClN6O4S2. The lowest BCUT2D eigenvalue weighted by molar-refractivity contribution is -0.148. The number of pyridine rings is 1. The number of hydrogen-bond acceptors (Lipinski definition) is 12. The number of esters is 1. The molecule has 13 heteroatoms. The molecule has 0 fully saturated rings. The predicted molar refractivity (Wildman–Crippen MR) is 162 cm³/mol. The summed E-state index contributed by atoms with van der Waals surface area (Å²) < 4.78 is 10.6. The number of thioether (sulfide) groups is 1. The van der Waals surface area contributed by atoms with E-state index in [1.807, 2.05) is 29.6 Å². The number of nitrogens with zero attached hydrogens (tertiary/aromatic N) is 4. The molecule has 4 rings (SSSR count). The number of anilines is 1. The average molecular weight is 621 g/mol. The minimum Gasteiger partial charge on any atom is -0.490 e. The molecule has 4 aromatic rings. The molecule has 0 aliphatic carbocycles. The normalized spacial score (nSPS) is 12.1. The maximum absolute atomic E-state index is 11.7. The number of nitrogen functional groups attached to an aromatic ring is 1. The van der Waals surface area contributed by atoms with Gasteiger partial charge in [0.2, 0.25) is 0 Å². The molecule has 10 nitrogen and oxygen atoms in total. The van der Waals surface area contributed by atoms with Crippen molar-refractivity contribution < 1.29 is 19.4 Å². The molecule has 0 spiro atoms. The van der Waals surface area contributed by atoms with Crippen molar-refractivity contribution in [3.63, 3.8) is 0 Å². The van der Waals surface area contributed by atoms with Crippen molar-refractivity contribution >= 4 is 46.5 Å². The molecule has 1 unspecified atom stereocenters. The fraction of sp³-hybridized carbons (Fsp3) is 0.207. The second-order valence-corrected chi connectivity index (χ2v) is 11.2. The Morgan fingerprint density at radius 3 is 2.38 bits per heavy atom. The number of carbonyl (C=O) groups excluding carboxylic acids is 1. The first-order valence-corrected chi connectivity index (χ1v) is 14.8. The molecule has 2 heterocycles. The number of halogens is 1. The molecule has 2 aromatic carbocycles. The molecule has 0 bridgehead atoms. The number of carbonyl (C=O) groups is 1. The van der Waals surface area contributed by atoms with Crippen molar-refractivity contribution in [2.45, 2.75) is 29.8 Å². The summed E-state index contributed by atoms with van der Waals surface area (Å²) >= 11 is 8.80. The highest BCUT2D eigenvalue weighted by atomic mass is 35.5. The van der Waals surface area contributed by atoms with Gasteiger partial charge in [-0.1, -0.05) is 47.6 Å². The zero-order valence-electron chi connectivity index (χ0n) is 22.3. The Balaban J connectivity index is 1.48. The van der Waals surface area contributed by atoms with Gasteiger partial charge in [-0.25, -0.2) is 9.97 Å². The van der Waals surface area contributed by atoms with Gasteiger partial charge in [0.05, 0.1) is 17.4 Å². The van der Waals surface area contributed by atoms with Gasteiger partial charge in [-0.2, -0.15) is 10.5 Å². The fourth-order valence-electron chi connectivity index (χ4n) is 3.74. The van der Waals surface area contributed by atoms with Crippen molar-refractivity contribution in [1.82, 2.24) is 9.97 Å². The van der Waals surface area contributed by atoms with Crippen LogP contribution in [0, 0.1) is 22.7 Å². The summed E-state index contributed by atoms with van der Waals surface area (Å²) in [5.74, 6) is 0.212. The van der Waals surface area contributed by atoms with Gasteiger partial charge in [0, 0.05) is 27.3 Å². The van der Waals surface area contributed by atoms with E-state index in [1.54, 1.807) is 24.3 Å². The van der Waals surface area contributed by atoms with E-state index in [0.29, 0.717) is 32.7 Å². The van der Waals surface area contributed by atoms with Gasteiger partial charge in [-0.15, -0.1) is 11.3 Å². The summed E-state index contributed by atoms with van der Waals surface area (Å²) in [4.78, 5) is 20.8. The molecule has 0 amide bonds. The fourth-order valence-corrected chi connectivity index (χ4v) is 5.69. The van der Waals surface area contributed by atoms with Crippen LogP contribution < -0.4 is 16.2 Å². The highest BCUT2D eigenvalue weighted by Gasteiger charge is 2.22. The first-order valence-electron chi connectivity index (χ1n) is 12.5. The van der Waals surface area contributed by atoms with Crippen LogP contribution in [0.5, 0.6) is 5.75 Å². The lowest BCUT2D eigenvalue weighted by Crippen LogP contribution is -2.41. The third-order valence-corrected chi connectivity index (χ3v) is 8.15. The van der Waals surface area contributed by atoms with Crippen LogP contribution in [0.2, 0.25) is 5.02 Å². The van der Waals surface area contributed by atoms with Crippen molar-refractivity contribution in [2.24, 2.45) is 5.73 Å². The number of hydrogen-bond donors (Lipinski definition) is 3. The Labute approximate surface area is 255 Å². The standard InChI is InChI=1S/C29H25ClN6O4S2/c1-16(37)25(33)29(38)40-11-10-39-21-8-4-17(5-9-21)24-22(12-31)26(34)36-28(23(24)13-32)42-15-20-14-41-27(35-20)18-2-6-19(30)7-3-18/h2-9,14,16,25,37H,10-11,15,33H2,1H3,(H2,34,36)/t16?,25-/m0/s1. The Morgan fingerprint density at radius 2 is 1.74 bits per heavy atom. The summed E-state index contributed by atoms with van der Waals surface area (Å²) in [7, 11) is 0. The van der Waals surface area contributed by atoms with Gasteiger partial charge in [0.15, 0.2) is 0 Å². The lowest BCUT2D eigenvalue weighted by atomic mass is 9.97. The van der Waals surface area contributed by atoms with Crippen LogP contribution in [0.15, 0.2) is 58.9 Å². The highest BCUT2D eigenvalue weighted by Crippen LogP contribution is 2.37. The second kappa shape index (κ2) is 14.1. The Bertz CT molecular complexity index is 1650. The number of aliphatic hydroxyl groups is 1. The van der Waals surface area contributed by atoms with E-state index in [-0.39, 0.29) is 30.2 Å². The Hall–Kier alpha value is -4.17. The smallest absolute Gasteiger partial charge is 0.325 e. The van der Waals surface area contributed by atoms with E-state index >= 15 is 0 Å². The third kappa shape index (κ3) is 7.36. The van der Waals surface area contributed by atoms with Crippen LogP contribution in [-0.2, 0) is 15.3 Å². The number of aliphatic hydroxyl groups excluding tert-OH is 1. The summed E-state index contributed by atoms with van der Waals surface area (Å²) in [6, 6.07) is 17.3. The van der Waals surface area contributed by atoms with Crippen LogP contribution in [0.4, 0.5) is 5.82 Å².